The van der Waals surface area contributed by atoms with E-state index in [0.29, 0.717) is 18.8 Å². The Bertz CT molecular complexity index is 720. The van der Waals surface area contributed by atoms with Crippen LogP contribution in [-0.4, -0.2) is 41.3 Å². The Morgan fingerprint density at radius 2 is 2.08 bits per heavy atom. The van der Waals surface area contributed by atoms with Gasteiger partial charge in [-0.15, -0.1) is 12.4 Å². The van der Waals surface area contributed by atoms with Gasteiger partial charge in [0.1, 0.15) is 5.69 Å². The minimum absolute atomic E-state index is 0. The molecular weight excluding hydrogens is 394 g/mol. The Labute approximate surface area is 156 Å². The van der Waals surface area contributed by atoms with E-state index in [0.717, 1.165) is 22.3 Å². The van der Waals surface area contributed by atoms with E-state index in [-0.39, 0.29) is 30.3 Å². The second-order valence-electron chi connectivity index (χ2n) is 5.84. The van der Waals surface area contributed by atoms with Crippen molar-refractivity contribution in [2.45, 2.75) is 6.10 Å². The number of β-amino-alcohol motifs (C(OH)–C–C–N with tert-alkyl or cyclic N) is 1. The van der Waals surface area contributed by atoms with Gasteiger partial charge in [-0.1, -0.05) is 34.1 Å². The summed E-state index contributed by atoms with van der Waals surface area (Å²) in [6, 6.07) is 11.7. The molecule has 1 aromatic heterocycles. The molecule has 2 atom stereocenters. The number of nitrogens with zero attached hydrogens (tertiary/aromatic N) is 1. The molecule has 7 heteroatoms. The van der Waals surface area contributed by atoms with Gasteiger partial charge in [0, 0.05) is 48.3 Å². The van der Waals surface area contributed by atoms with Crippen molar-refractivity contribution in [2.24, 2.45) is 13.0 Å². The van der Waals surface area contributed by atoms with E-state index < -0.39 is 0 Å². The Morgan fingerprint density at radius 1 is 1.33 bits per heavy atom. The highest BCUT2D eigenvalue weighted by Gasteiger charge is 2.25. The van der Waals surface area contributed by atoms with Crippen molar-refractivity contribution in [1.29, 1.82) is 0 Å². The lowest BCUT2D eigenvalue weighted by atomic mass is 10.1. The molecule has 24 heavy (non-hydrogen) atoms. The van der Waals surface area contributed by atoms with Gasteiger partial charge in [-0.2, -0.15) is 0 Å². The molecule has 1 aromatic carbocycles. The van der Waals surface area contributed by atoms with E-state index in [2.05, 4.69) is 26.6 Å². The predicted octanol–water partition coefficient (Wildman–Crippen LogP) is 2.19. The maximum atomic E-state index is 12.4. The molecule has 1 aliphatic heterocycles. The maximum absolute atomic E-state index is 12.4. The summed E-state index contributed by atoms with van der Waals surface area (Å²) < 4.78 is 2.88. The van der Waals surface area contributed by atoms with Crippen molar-refractivity contribution in [3.63, 3.8) is 0 Å². The fourth-order valence-electron chi connectivity index (χ4n) is 2.92. The smallest absolute Gasteiger partial charge is 0.267 e. The van der Waals surface area contributed by atoms with Gasteiger partial charge in [0.15, 0.2) is 0 Å². The van der Waals surface area contributed by atoms with Crippen LogP contribution in [0.2, 0.25) is 0 Å². The Kier molecular flexibility index (Phi) is 6.46. The molecule has 0 spiro atoms. The molecule has 0 bridgehead atoms. The third kappa shape index (κ3) is 3.83. The predicted molar refractivity (Wildman–Crippen MR) is 100 cm³/mol. The Morgan fingerprint density at radius 3 is 2.75 bits per heavy atom. The van der Waals surface area contributed by atoms with Crippen molar-refractivity contribution >= 4 is 34.2 Å². The molecular formula is C17H21BrClN3O2. The number of carbonyl (C=O) groups excluding carboxylic acids is 1. The van der Waals surface area contributed by atoms with Crippen molar-refractivity contribution < 1.29 is 9.90 Å². The largest absolute Gasteiger partial charge is 0.391 e. The number of nitrogens with one attached hydrogen (secondary N) is 2. The molecule has 3 N–H and O–H groups in total. The summed E-state index contributed by atoms with van der Waals surface area (Å²) in [5.41, 5.74) is 2.63. The second kappa shape index (κ2) is 8.16. The number of aromatic nitrogens is 1. The third-order valence-electron chi connectivity index (χ3n) is 4.33. The third-order valence-corrected chi connectivity index (χ3v) is 5.02. The summed E-state index contributed by atoms with van der Waals surface area (Å²) >= 11 is 3.55. The fourth-order valence-corrected chi connectivity index (χ4v) is 3.41. The molecule has 2 heterocycles. The fraction of sp³-hybridized carbons (Fsp3) is 0.353. The van der Waals surface area contributed by atoms with Crippen LogP contribution in [0.5, 0.6) is 0 Å². The summed E-state index contributed by atoms with van der Waals surface area (Å²) in [6.07, 6.45) is -0.389. The molecule has 2 aromatic rings. The zero-order chi connectivity index (χ0) is 16.4. The monoisotopic (exact) mass is 413 g/mol. The van der Waals surface area contributed by atoms with Gasteiger partial charge in [0.25, 0.3) is 5.91 Å². The van der Waals surface area contributed by atoms with E-state index in [4.69, 9.17) is 0 Å². The van der Waals surface area contributed by atoms with E-state index in [9.17, 15) is 9.90 Å². The zero-order valence-corrected chi connectivity index (χ0v) is 15.7. The average Bonchev–Trinajstić information content (AvgIpc) is 3.11. The van der Waals surface area contributed by atoms with Crippen LogP contribution in [0, 0.1) is 5.92 Å². The van der Waals surface area contributed by atoms with Crippen LogP contribution in [0.3, 0.4) is 0 Å². The highest BCUT2D eigenvalue weighted by Crippen LogP contribution is 2.29. The van der Waals surface area contributed by atoms with Crippen LogP contribution in [0.4, 0.5) is 0 Å². The first-order chi connectivity index (χ1) is 11.1. The summed E-state index contributed by atoms with van der Waals surface area (Å²) in [5, 5.41) is 15.8. The summed E-state index contributed by atoms with van der Waals surface area (Å²) in [4.78, 5) is 12.4. The Hall–Kier alpha value is -1.34. The molecule has 1 saturated heterocycles. The normalized spacial score (nSPS) is 19.8. The minimum Gasteiger partial charge on any atom is -0.391 e. The molecule has 2 unspecified atom stereocenters. The number of aliphatic hydroxyl groups is 1. The summed E-state index contributed by atoms with van der Waals surface area (Å²) in [5.74, 6) is -0.0492. The average molecular weight is 415 g/mol. The molecule has 3 rings (SSSR count). The van der Waals surface area contributed by atoms with Crippen molar-refractivity contribution in [3.05, 3.63) is 46.6 Å². The van der Waals surface area contributed by atoms with Gasteiger partial charge < -0.3 is 20.3 Å². The van der Waals surface area contributed by atoms with Gasteiger partial charge in [0.05, 0.1) is 6.10 Å². The maximum Gasteiger partial charge on any atom is 0.267 e. The van der Waals surface area contributed by atoms with E-state index >= 15 is 0 Å². The number of benzene rings is 1. The number of amides is 1. The minimum atomic E-state index is -0.389. The Balaban J connectivity index is 0.00000208. The first-order valence-corrected chi connectivity index (χ1v) is 8.45. The van der Waals surface area contributed by atoms with Crippen LogP contribution < -0.4 is 10.6 Å². The van der Waals surface area contributed by atoms with Crippen LogP contribution in [0.15, 0.2) is 40.9 Å². The first-order valence-electron chi connectivity index (χ1n) is 7.65. The van der Waals surface area contributed by atoms with E-state index in [1.54, 1.807) is 0 Å². The van der Waals surface area contributed by atoms with Gasteiger partial charge in [0.2, 0.25) is 0 Å². The molecule has 130 valence electrons. The number of carbonyl (C=O) groups is 1. The molecule has 0 radical (unpaired) electrons. The number of halogens is 2. The van der Waals surface area contributed by atoms with E-state index in [1.807, 2.05) is 48.0 Å². The molecule has 1 aliphatic rings. The van der Waals surface area contributed by atoms with Gasteiger partial charge in [-0.3, -0.25) is 4.79 Å². The summed E-state index contributed by atoms with van der Waals surface area (Å²) in [7, 11) is 1.88. The number of hydrogen-bond donors (Lipinski definition) is 3. The van der Waals surface area contributed by atoms with Gasteiger partial charge in [-0.25, -0.2) is 0 Å². The highest BCUT2D eigenvalue weighted by molar-refractivity contribution is 9.10. The SMILES string of the molecule is Cl.Cn1c(C(=O)NCC2CNCC2O)ccc1-c1ccccc1Br. The van der Waals surface area contributed by atoms with Crippen molar-refractivity contribution in [2.75, 3.05) is 19.6 Å². The lowest BCUT2D eigenvalue weighted by molar-refractivity contribution is 0.0919. The molecule has 1 amide bonds. The number of rotatable bonds is 4. The van der Waals surface area contributed by atoms with Gasteiger partial charge >= 0.3 is 0 Å². The molecule has 5 nitrogen and oxygen atoms in total. The standard InChI is InChI=1S/C17H20BrN3O2.ClH/c1-21-14(12-4-2-3-5-13(12)18)6-7-15(21)17(23)20-9-11-8-19-10-16(11)22;/h2-7,11,16,19,22H,8-10H2,1H3,(H,20,23);1H. The molecule has 0 saturated carbocycles. The van der Waals surface area contributed by atoms with Crippen LogP contribution in [0.1, 0.15) is 10.5 Å². The lowest BCUT2D eigenvalue weighted by Gasteiger charge is -2.15. The van der Waals surface area contributed by atoms with Crippen LogP contribution in [-0.2, 0) is 7.05 Å². The number of aliphatic hydroxyl groups excluding tert-OH is 1. The van der Waals surface area contributed by atoms with Crippen molar-refractivity contribution in [1.82, 2.24) is 15.2 Å². The first kappa shape index (κ1) is 19.0. The van der Waals surface area contributed by atoms with Crippen LogP contribution >= 0.6 is 28.3 Å². The topological polar surface area (TPSA) is 66.3 Å². The number of hydrogen-bond acceptors (Lipinski definition) is 3. The lowest BCUT2D eigenvalue weighted by Crippen LogP contribution is -2.35. The highest BCUT2D eigenvalue weighted by atomic mass is 79.9. The van der Waals surface area contributed by atoms with Crippen LogP contribution in [0.25, 0.3) is 11.3 Å². The molecule has 0 aliphatic carbocycles. The summed E-state index contributed by atoms with van der Waals surface area (Å²) in [6.45, 7) is 1.80. The molecule has 1 fully saturated rings. The van der Waals surface area contributed by atoms with Gasteiger partial charge in [-0.05, 0) is 18.2 Å². The zero-order valence-electron chi connectivity index (χ0n) is 13.3. The second-order valence-corrected chi connectivity index (χ2v) is 6.69. The quantitative estimate of drug-likeness (QED) is 0.718. The van der Waals surface area contributed by atoms with Crippen molar-refractivity contribution in [3.8, 4) is 11.3 Å². The van der Waals surface area contributed by atoms with E-state index in [1.165, 1.54) is 0 Å².